The number of pyridine rings is 1. The van der Waals surface area contributed by atoms with E-state index in [1.54, 1.807) is 28.7 Å². The van der Waals surface area contributed by atoms with Crippen LogP contribution in [0.5, 0.6) is 0 Å². The number of carbonyl (C=O) groups is 1. The van der Waals surface area contributed by atoms with Crippen molar-refractivity contribution in [2.75, 3.05) is 5.75 Å². The Hall–Kier alpha value is -2.26. The highest BCUT2D eigenvalue weighted by Gasteiger charge is 2.22. The Morgan fingerprint density at radius 1 is 1.31 bits per heavy atom. The molecule has 0 bridgehead atoms. The molecule has 0 spiro atoms. The fraction of sp³-hybridized carbons (Fsp3) is 0.353. The number of rotatable bonds is 5. The topological polar surface area (TPSA) is 85.6 Å². The summed E-state index contributed by atoms with van der Waals surface area (Å²) in [6, 6.07) is 7.35. The van der Waals surface area contributed by atoms with Gasteiger partial charge in [0.2, 0.25) is 5.13 Å². The molecule has 3 aromatic heterocycles. The van der Waals surface area contributed by atoms with E-state index in [0.29, 0.717) is 16.5 Å². The van der Waals surface area contributed by atoms with Crippen molar-refractivity contribution in [2.24, 2.45) is 0 Å². The van der Waals surface area contributed by atoms with Gasteiger partial charge in [-0.15, -0.1) is 10.2 Å². The summed E-state index contributed by atoms with van der Waals surface area (Å²) in [5.74, 6) is 0.682. The largest absolute Gasteiger partial charge is 0.346 e. The van der Waals surface area contributed by atoms with Gasteiger partial charge in [-0.25, -0.2) is 4.68 Å². The van der Waals surface area contributed by atoms with Gasteiger partial charge in [-0.2, -0.15) is 5.10 Å². The lowest BCUT2D eigenvalue weighted by molar-refractivity contribution is 0.0914. The number of aromatic nitrogens is 5. The summed E-state index contributed by atoms with van der Waals surface area (Å²) in [4.78, 5) is 16.9. The Balaban J connectivity index is 2.04. The average Bonchev–Trinajstić information content (AvgIpc) is 3.21. The molecular formula is C17H20N6OS2. The highest BCUT2D eigenvalue weighted by Crippen LogP contribution is 2.28. The molecule has 3 aromatic rings. The molecule has 0 aromatic carbocycles. The lowest BCUT2D eigenvalue weighted by Gasteiger charge is -2.19. The molecule has 0 aliphatic rings. The molecule has 0 fully saturated rings. The van der Waals surface area contributed by atoms with E-state index in [1.807, 2.05) is 39.0 Å². The molecule has 0 atom stereocenters. The highest BCUT2D eigenvalue weighted by molar-refractivity contribution is 8.01. The van der Waals surface area contributed by atoms with Crippen molar-refractivity contribution in [2.45, 2.75) is 37.6 Å². The van der Waals surface area contributed by atoms with Crippen LogP contribution in [0.15, 0.2) is 34.8 Å². The first kappa shape index (κ1) is 18.5. The van der Waals surface area contributed by atoms with Gasteiger partial charge < -0.3 is 5.32 Å². The van der Waals surface area contributed by atoms with Crippen LogP contribution in [0.1, 0.15) is 38.2 Å². The third-order valence-corrected chi connectivity index (χ3v) is 5.12. The first-order valence-corrected chi connectivity index (χ1v) is 9.98. The van der Waals surface area contributed by atoms with E-state index in [-0.39, 0.29) is 11.4 Å². The summed E-state index contributed by atoms with van der Waals surface area (Å²) >= 11 is 3.06. The summed E-state index contributed by atoms with van der Waals surface area (Å²) in [6.45, 7) is 7.86. The first-order chi connectivity index (χ1) is 12.4. The molecule has 0 saturated carbocycles. The van der Waals surface area contributed by atoms with Crippen LogP contribution in [0.2, 0.25) is 0 Å². The molecule has 9 heteroatoms. The molecule has 3 heterocycles. The molecule has 0 saturated heterocycles. The molecular weight excluding hydrogens is 368 g/mol. The second-order valence-corrected chi connectivity index (χ2v) is 9.00. The maximum atomic E-state index is 12.6. The second kappa shape index (κ2) is 7.55. The van der Waals surface area contributed by atoms with E-state index in [2.05, 4.69) is 32.5 Å². The molecule has 0 unspecified atom stereocenters. The number of hydrogen-bond acceptors (Lipinski definition) is 7. The van der Waals surface area contributed by atoms with Crippen LogP contribution in [0.3, 0.4) is 0 Å². The van der Waals surface area contributed by atoms with Crippen LogP contribution in [0.4, 0.5) is 0 Å². The van der Waals surface area contributed by atoms with Gasteiger partial charge in [0.15, 0.2) is 10.0 Å². The van der Waals surface area contributed by atoms with Crippen molar-refractivity contribution in [3.8, 4) is 16.5 Å². The van der Waals surface area contributed by atoms with Gasteiger partial charge in [-0.3, -0.25) is 9.78 Å². The van der Waals surface area contributed by atoms with Crippen LogP contribution in [-0.4, -0.2) is 42.2 Å². The number of nitrogens with zero attached hydrogens (tertiary/aromatic N) is 5. The minimum absolute atomic E-state index is 0.235. The standard InChI is InChI=1S/C17H20N6OS2/c1-5-25-16-21-20-15(26-16)23-13(11-8-6-7-9-18-11)10-12(22-23)14(24)19-17(2,3)4/h6-10H,5H2,1-4H3,(H,19,24). The van der Waals surface area contributed by atoms with Crippen LogP contribution in [-0.2, 0) is 0 Å². The Kier molecular flexibility index (Phi) is 5.38. The first-order valence-electron chi connectivity index (χ1n) is 8.18. The predicted octanol–water partition coefficient (Wildman–Crippen LogP) is 3.43. The minimum atomic E-state index is -0.348. The van der Waals surface area contributed by atoms with Crippen molar-refractivity contribution in [1.29, 1.82) is 0 Å². The summed E-state index contributed by atoms with van der Waals surface area (Å²) in [7, 11) is 0. The molecule has 0 radical (unpaired) electrons. The number of nitrogens with one attached hydrogen (secondary N) is 1. The van der Waals surface area contributed by atoms with Crippen molar-refractivity contribution in [1.82, 2.24) is 30.3 Å². The lowest BCUT2D eigenvalue weighted by atomic mass is 10.1. The smallest absolute Gasteiger partial charge is 0.272 e. The number of amides is 1. The highest BCUT2D eigenvalue weighted by atomic mass is 32.2. The molecule has 0 aliphatic heterocycles. The Morgan fingerprint density at radius 2 is 2.12 bits per heavy atom. The number of thioether (sulfide) groups is 1. The Labute approximate surface area is 160 Å². The SMILES string of the molecule is CCSc1nnc(-n2nc(C(=O)NC(C)(C)C)cc2-c2ccccn2)s1. The zero-order chi connectivity index (χ0) is 18.7. The zero-order valence-electron chi connectivity index (χ0n) is 15.1. The predicted molar refractivity (Wildman–Crippen MR) is 104 cm³/mol. The monoisotopic (exact) mass is 388 g/mol. The van der Waals surface area contributed by atoms with Gasteiger partial charge in [0, 0.05) is 11.7 Å². The van der Waals surface area contributed by atoms with Gasteiger partial charge in [-0.05, 0) is 44.7 Å². The maximum Gasteiger partial charge on any atom is 0.272 e. The van der Waals surface area contributed by atoms with Gasteiger partial charge >= 0.3 is 0 Å². The second-order valence-electron chi connectivity index (χ2n) is 6.53. The van der Waals surface area contributed by atoms with Crippen molar-refractivity contribution in [3.05, 3.63) is 36.2 Å². The number of hydrogen-bond donors (Lipinski definition) is 1. The fourth-order valence-electron chi connectivity index (χ4n) is 2.21. The third kappa shape index (κ3) is 4.28. The van der Waals surface area contributed by atoms with E-state index in [0.717, 1.165) is 15.8 Å². The summed E-state index contributed by atoms with van der Waals surface area (Å²) in [5, 5.41) is 16.4. The van der Waals surface area contributed by atoms with Crippen LogP contribution in [0.25, 0.3) is 16.5 Å². The molecule has 1 N–H and O–H groups in total. The minimum Gasteiger partial charge on any atom is -0.346 e. The summed E-state index contributed by atoms with van der Waals surface area (Å²) in [6.07, 6.45) is 1.71. The van der Waals surface area contributed by atoms with Crippen molar-refractivity contribution >= 4 is 29.0 Å². The summed E-state index contributed by atoms with van der Waals surface area (Å²) in [5.41, 5.74) is 1.39. The van der Waals surface area contributed by atoms with Crippen LogP contribution < -0.4 is 5.32 Å². The maximum absolute atomic E-state index is 12.6. The van der Waals surface area contributed by atoms with Gasteiger partial charge in [0.1, 0.15) is 0 Å². The molecule has 26 heavy (non-hydrogen) atoms. The van der Waals surface area contributed by atoms with Gasteiger partial charge in [-0.1, -0.05) is 36.1 Å². The van der Waals surface area contributed by atoms with Gasteiger partial charge in [0.05, 0.1) is 11.4 Å². The quantitative estimate of drug-likeness (QED) is 0.674. The molecule has 7 nitrogen and oxygen atoms in total. The number of carbonyl (C=O) groups excluding carboxylic acids is 1. The fourth-order valence-corrected chi connectivity index (χ4v) is 3.91. The average molecular weight is 389 g/mol. The van der Waals surface area contributed by atoms with Gasteiger partial charge in [0.25, 0.3) is 5.91 Å². The Bertz CT molecular complexity index is 898. The van der Waals surface area contributed by atoms with Crippen LogP contribution in [0, 0.1) is 0 Å². The molecule has 3 rings (SSSR count). The molecule has 136 valence electrons. The zero-order valence-corrected chi connectivity index (χ0v) is 16.7. The normalized spacial score (nSPS) is 11.5. The summed E-state index contributed by atoms with van der Waals surface area (Å²) < 4.78 is 2.50. The van der Waals surface area contributed by atoms with Crippen molar-refractivity contribution in [3.63, 3.8) is 0 Å². The van der Waals surface area contributed by atoms with E-state index < -0.39 is 0 Å². The van der Waals surface area contributed by atoms with E-state index >= 15 is 0 Å². The van der Waals surface area contributed by atoms with Crippen molar-refractivity contribution < 1.29 is 4.79 Å². The van der Waals surface area contributed by atoms with E-state index in [4.69, 9.17) is 0 Å². The molecule has 1 amide bonds. The third-order valence-electron chi connectivity index (χ3n) is 3.20. The molecule has 0 aliphatic carbocycles. The Morgan fingerprint density at radius 3 is 2.77 bits per heavy atom. The van der Waals surface area contributed by atoms with E-state index in [9.17, 15) is 4.79 Å². The lowest BCUT2D eigenvalue weighted by Crippen LogP contribution is -2.40. The van der Waals surface area contributed by atoms with E-state index in [1.165, 1.54) is 11.3 Å². The van der Waals surface area contributed by atoms with Crippen LogP contribution >= 0.6 is 23.1 Å².